The molecule has 4 heteroatoms. The van der Waals surface area contributed by atoms with Gasteiger partial charge in [-0.3, -0.25) is 0 Å². The maximum absolute atomic E-state index is 5.62. The van der Waals surface area contributed by atoms with E-state index in [0.29, 0.717) is 0 Å². The van der Waals surface area contributed by atoms with E-state index < -0.39 is 0 Å². The second-order valence-corrected chi connectivity index (χ2v) is 4.51. The van der Waals surface area contributed by atoms with Crippen LogP contribution in [0, 0.1) is 0 Å². The number of halogens is 2. The number of aryl methyl sites for hydroxylation is 2. The van der Waals surface area contributed by atoms with E-state index in [2.05, 4.69) is 34.9 Å². The van der Waals surface area contributed by atoms with Crippen molar-refractivity contribution in [1.82, 2.24) is 4.57 Å². The molecular weight excluding hydrogens is 243 g/mol. The average Bonchev–Trinajstić information content (AvgIpc) is 2.63. The topological polar surface area (TPSA) is 8.81 Å². The number of nitrogens with zero attached hydrogens (tertiary/aromatic N) is 2. The van der Waals surface area contributed by atoms with Crippen LogP contribution < -0.4 is 17.0 Å². The average molecular weight is 265 g/mol. The number of hydrogen-bond acceptors (Lipinski definition) is 0. The maximum Gasteiger partial charge on any atom is 0.243 e. The van der Waals surface area contributed by atoms with Gasteiger partial charge < -0.3 is 12.4 Å². The maximum atomic E-state index is 5.62. The summed E-state index contributed by atoms with van der Waals surface area (Å²) in [5.41, 5.74) is 0. The first-order valence-corrected chi connectivity index (χ1v) is 6.43. The second kappa shape index (κ2) is 9.98. The fourth-order valence-electron chi connectivity index (χ4n) is 1.73. The first-order valence-electron chi connectivity index (χ1n) is 5.90. The quantitative estimate of drug-likeness (QED) is 0.352. The molecule has 0 spiro atoms. The van der Waals surface area contributed by atoms with Crippen LogP contribution in [0.25, 0.3) is 0 Å². The van der Waals surface area contributed by atoms with E-state index in [0.717, 1.165) is 12.4 Å². The highest BCUT2D eigenvalue weighted by atomic mass is 35.5. The minimum atomic E-state index is 0. The summed E-state index contributed by atoms with van der Waals surface area (Å²) in [4.78, 5) is 0. The van der Waals surface area contributed by atoms with E-state index in [1.165, 1.54) is 38.5 Å². The Morgan fingerprint density at radius 1 is 1.06 bits per heavy atom. The minimum Gasteiger partial charge on any atom is -1.00 e. The van der Waals surface area contributed by atoms with Gasteiger partial charge >= 0.3 is 0 Å². The molecule has 1 aromatic rings. The summed E-state index contributed by atoms with van der Waals surface area (Å²) in [6, 6.07) is 0. The molecule has 94 valence electrons. The molecule has 0 aromatic carbocycles. The standard InChI is InChI=1S/C12H22ClN2.ClH/c1-14-10-11-15(12-14)9-7-5-3-2-4-6-8-13;/h10-12H,2-9H2,1H3;1H/q+1;/p-1. The monoisotopic (exact) mass is 264 g/mol. The lowest BCUT2D eigenvalue weighted by molar-refractivity contribution is -0.671. The first kappa shape index (κ1) is 15.8. The predicted octanol–water partition coefficient (Wildman–Crippen LogP) is -0.104. The van der Waals surface area contributed by atoms with Gasteiger partial charge in [0, 0.05) is 5.88 Å². The molecule has 0 bridgehead atoms. The molecule has 0 amide bonds. The number of unbranched alkanes of at least 4 members (excludes halogenated alkanes) is 5. The van der Waals surface area contributed by atoms with Crippen molar-refractivity contribution >= 4 is 11.6 Å². The van der Waals surface area contributed by atoms with Gasteiger partial charge in [-0.1, -0.05) is 19.3 Å². The fraction of sp³-hybridized carbons (Fsp3) is 0.750. The minimum absolute atomic E-state index is 0. The molecule has 0 N–H and O–H groups in total. The number of hydrogen-bond donors (Lipinski definition) is 0. The Morgan fingerprint density at radius 3 is 2.25 bits per heavy atom. The van der Waals surface area contributed by atoms with Gasteiger partial charge in [-0.05, 0) is 19.3 Å². The van der Waals surface area contributed by atoms with E-state index in [4.69, 9.17) is 11.6 Å². The molecule has 1 aromatic heterocycles. The summed E-state index contributed by atoms with van der Waals surface area (Å²) < 4.78 is 4.33. The predicted molar refractivity (Wildman–Crippen MR) is 64.0 cm³/mol. The summed E-state index contributed by atoms with van der Waals surface area (Å²) >= 11 is 5.62. The van der Waals surface area contributed by atoms with Crippen molar-refractivity contribution in [2.45, 2.75) is 45.1 Å². The smallest absolute Gasteiger partial charge is 0.243 e. The van der Waals surface area contributed by atoms with Crippen molar-refractivity contribution < 1.29 is 17.0 Å². The molecule has 16 heavy (non-hydrogen) atoms. The number of aromatic nitrogens is 2. The molecule has 0 saturated carbocycles. The van der Waals surface area contributed by atoms with Gasteiger partial charge in [0.2, 0.25) is 6.33 Å². The zero-order valence-electron chi connectivity index (χ0n) is 10.0. The third-order valence-electron chi connectivity index (χ3n) is 2.62. The molecular formula is C12H22Cl2N2. The fourth-order valence-corrected chi connectivity index (χ4v) is 1.92. The lowest BCUT2D eigenvalue weighted by Gasteiger charge is -1.99. The lowest BCUT2D eigenvalue weighted by Crippen LogP contribution is -3.00. The van der Waals surface area contributed by atoms with Gasteiger partial charge in [0.1, 0.15) is 12.4 Å². The highest BCUT2D eigenvalue weighted by molar-refractivity contribution is 6.17. The van der Waals surface area contributed by atoms with Crippen LogP contribution in [0.2, 0.25) is 0 Å². The molecule has 1 rings (SSSR count). The Morgan fingerprint density at radius 2 is 1.69 bits per heavy atom. The van der Waals surface area contributed by atoms with Crippen LogP contribution in [0.3, 0.4) is 0 Å². The van der Waals surface area contributed by atoms with Crippen molar-refractivity contribution in [3.05, 3.63) is 18.7 Å². The van der Waals surface area contributed by atoms with Gasteiger partial charge in [-0.2, -0.15) is 0 Å². The van der Waals surface area contributed by atoms with E-state index >= 15 is 0 Å². The summed E-state index contributed by atoms with van der Waals surface area (Å²) in [5.74, 6) is 0.819. The molecule has 0 aliphatic carbocycles. The van der Waals surface area contributed by atoms with Crippen molar-refractivity contribution in [3.8, 4) is 0 Å². The summed E-state index contributed by atoms with van der Waals surface area (Å²) in [7, 11) is 2.06. The molecule has 1 heterocycles. The summed E-state index contributed by atoms with van der Waals surface area (Å²) in [5, 5.41) is 0. The Labute approximate surface area is 110 Å². The Kier molecular flexibility index (Phi) is 9.85. The van der Waals surface area contributed by atoms with Crippen LogP contribution in [0.1, 0.15) is 38.5 Å². The van der Waals surface area contributed by atoms with Gasteiger partial charge in [0.05, 0.1) is 13.6 Å². The third-order valence-corrected chi connectivity index (χ3v) is 2.89. The van der Waals surface area contributed by atoms with Crippen molar-refractivity contribution in [2.75, 3.05) is 5.88 Å². The van der Waals surface area contributed by atoms with Crippen molar-refractivity contribution in [3.63, 3.8) is 0 Å². The van der Waals surface area contributed by atoms with Crippen LogP contribution in [0.5, 0.6) is 0 Å². The summed E-state index contributed by atoms with van der Waals surface area (Å²) in [6.45, 7) is 1.15. The van der Waals surface area contributed by atoms with Crippen molar-refractivity contribution in [2.24, 2.45) is 7.05 Å². The Hall–Kier alpha value is -0.210. The van der Waals surface area contributed by atoms with Gasteiger partial charge in [0.15, 0.2) is 0 Å². The molecule has 0 aliphatic rings. The molecule has 0 unspecified atom stereocenters. The zero-order chi connectivity index (χ0) is 10.9. The SMILES string of the molecule is C[n+]1ccn(CCCCCCCCCl)c1.[Cl-]. The van der Waals surface area contributed by atoms with E-state index in [1.807, 2.05) is 0 Å². The lowest BCUT2D eigenvalue weighted by atomic mass is 10.1. The van der Waals surface area contributed by atoms with Gasteiger partial charge in [-0.25, -0.2) is 9.13 Å². The van der Waals surface area contributed by atoms with Gasteiger partial charge in [0.25, 0.3) is 0 Å². The number of alkyl halides is 1. The normalized spacial score (nSPS) is 10.1. The van der Waals surface area contributed by atoms with E-state index in [-0.39, 0.29) is 12.4 Å². The second-order valence-electron chi connectivity index (χ2n) is 4.13. The number of imidazole rings is 1. The van der Waals surface area contributed by atoms with E-state index in [1.54, 1.807) is 0 Å². The van der Waals surface area contributed by atoms with Gasteiger partial charge in [-0.15, -0.1) is 11.6 Å². The van der Waals surface area contributed by atoms with Crippen molar-refractivity contribution in [1.29, 1.82) is 0 Å². The number of rotatable bonds is 8. The third kappa shape index (κ3) is 7.13. The van der Waals surface area contributed by atoms with Crippen LogP contribution in [0.15, 0.2) is 18.7 Å². The first-order chi connectivity index (χ1) is 7.33. The molecule has 0 saturated heterocycles. The highest BCUT2D eigenvalue weighted by Gasteiger charge is 1.98. The zero-order valence-corrected chi connectivity index (χ0v) is 11.6. The largest absolute Gasteiger partial charge is 1.00 e. The van der Waals surface area contributed by atoms with Crippen LogP contribution in [-0.4, -0.2) is 10.4 Å². The Bertz CT molecular complexity index is 261. The summed E-state index contributed by atoms with van der Waals surface area (Å²) in [6.07, 6.45) is 14.1. The molecule has 0 aliphatic heterocycles. The van der Waals surface area contributed by atoms with Crippen LogP contribution >= 0.6 is 11.6 Å². The van der Waals surface area contributed by atoms with Crippen LogP contribution in [0.4, 0.5) is 0 Å². The molecule has 0 atom stereocenters. The van der Waals surface area contributed by atoms with E-state index in [9.17, 15) is 0 Å². The van der Waals surface area contributed by atoms with Crippen LogP contribution in [-0.2, 0) is 13.6 Å². The highest BCUT2D eigenvalue weighted by Crippen LogP contribution is 2.06. The molecule has 0 fully saturated rings. The molecule has 2 nitrogen and oxygen atoms in total. The molecule has 0 radical (unpaired) electrons. The Balaban J connectivity index is 0.00000225.